The molecule has 3 aromatic rings. The van der Waals surface area contributed by atoms with Gasteiger partial charge in [0.25, 0.3) is 0 Å². The lowest BCUT2D eigenvalue weighted by Crippen LogP contribution is -2.34. The van der Waals surface area contributed by atoms with Gasteiger partial charge in [-0.3, -0.25) is 0 Å². The van der Waals surface area contributed by atoms with Crippen molar-refractivity contribution in [1.82, 2.24) is 10.1 Å². The molecule has 0 aromatic heterocycles. The zero-order chi connectivity index (χ0) is 24.6. The summed E-state index contributed by atoms with van der Waals surface area (Å²) in [6, 6.07) is 11.5. The van der Waals surface area contributed by atoms with Crippen molar-refractivity contribution in [2.75, 3.05) is 0 Å². The molecule has 2 atom stereocenters. The quantitative estimate of drug-likeness (QED) is 0.328. The Morgan fingerprint density at radius 1 is 0.912 bits per heavy atom. The van der Waals surface area contributed by atoms with Crippen molar-refractivity contribution >= 4 is 62.1 Å². The Morgan fingerprint density at radius 3 is 2.24 bits per heavy atom. The summed E-state index contributed by atoms with van der Waals surface area (Å²) in [6.07, 6.45) is 0.319. The lowest BCUT2D eigenvalue weighted by Gasteiger charge is -2.21. The van der Waals surface area contributed by atoms with Crippen molar-refractivity contribution in [2.24, 2.45) is 5.10 Å². The smallest absolute Gasteiger partial charge is 0.243 e. The molecular formula is C22H15Cl4F2N3O2S. The summed E-state index contributed by atoms with van der Waals surface area (Å²) in [7, 11) is -4.44. The third-order valence-electron chi connectivity index (χ3n) is 5.19. The first-order chi connectivity index (χ1) is 16.0. The first-order valence-corrected chi connectivity index (χ1v) is 12.7. The molecule has 4 rings (SSSR count). The van der Waals surface area contributed by atoms with Gasteiger partial charge in [-0.15, -0.1) is 0 Å². The summed E-state index contributed by atoms with van der Waals surface area (Å²) in [5.74, 6) is -2.62. The maximum Gasteiger partial charge on any atom is 0.243 e. The number of nitrogens with zero attached hydrogens (tertiary/aromatic N) is 1. The van der Waals surface area contributed by atoms with E-state index in [-0.39, 0.29) is 11.1 Å². The molecule has 0 amide bonds. The van der Waals surface area contributed by atoms with E-state index in [1.54, 1.807) is 24.3 Å². The normalized spacial score (nSPS) is 16.8. The van der Waals surface area contributed by atoms with Gasteiger partial charge in [0.05, 0.1) is 22.8 Å². The van der Waals surface area contributed by atoms with Gasteiger partial charge in [-0.1, -0.05) is 64.6 Å². The van der Waals surface area contributed by atoms with Crippen LogP contribution in [0.5, 0.6) is 0 Å². The predicted octanol–water partition coefficient (Wildman–Crippen LogP) is 6.69. The Bertz CT molecular complexity index is 1390. The van der Waals surface area contributed by atoms with Crippen LogP contribution in [0.15, 0.2) is 64.6 Å². The monoisotopic (exact) mass is 563 g/mol. The van der Waals surface area contributed by atoms with Crippen LogP contribution in [0, 0.1) is 11.6 Å². The highest BCUT2D eigenvalue weighted by Gasteiger charge is 2.33. The van der Waals surface area contributed by atoms with Crippen molar-refractivity contribution in [3.8, 4) is 0 Å². The highest BCUT2D eigenvalue weighted by atomic mass is 35.5. The molecule has 1 aliphatic rings. The van der Waals surface area contributed by atoms with Crippen LogP contribution in [-0.4, -0.2) is 14.1 Å². The first kappa shape index (κ1) is 25.2. The van der Waals surface area contributed by atoms with Crippen molar-refractivity contribution < 1.29 is 17.2 Å². The average molecular weight is 565 g/mol. The second kappa shape index (κ2) is 9.97. The van der Waals surface area contributed by atoms with Gasteiger partial charge in [-0.2, -0.15) is 9.82 Å². The lowest BCUT2D eigenvalue weighted by atomic mass is 9.96. The standard InChI is InChI=1S/C22H15Cl4F2N3O2S/c23-12-3-1-11(2-4-12)19-10-20(30-29-19)22(14-6-5-13(24)7-15(14)25)31-34(32,33)21-9-18(28)17(27)8-16(21)26/h1-9,19,22,29,31H,10H2. The van der Waals surface area contributed by atoms with E-state index in [2.05, 4.69) is 15.2 Å². The number of hydrazone groups is 1. The van der Waals surface area contributed by atoms with Gasteiger partial charge in [0, 0.05) is 21.5 Å². The fourth-order valence-corrected chi connectivity index (χ4v) is 5.88. The lowest BCUT2D eigenvalue weighted by molar-refractivity contribution is 0.504. The minimum atomic E-state index is -4.44. The number of halogens is 6. The second-order valence-corrected chi connectivity index (χ2v) is 10.8. The summed E-state index contributed by atoms with van der Waals surface area (Å²) >= 11 is 24.3. The molecule has 1 aliphatic heterocycles. The van der Waals surface area contributed by atoms with E-state index in [1.807, 2.05) is 12.1 Å². The van der Waals surface area contributed by atoms with Gasteiger partial charge >= 0.3 is 0 Å². The summed E-state index contributed by atoms with van der Waals surface area (Å²) < 4.78 is 56.2. The predicted molar refractivity (Wildman–Crippen MR) is 130 cm³/mol. The summed E-state index contributed by atoms with van der Waals surface area (Å²) in [5.41, 5.74) is 4.64. The molecule has 0 saturated carbocycles. The molecule has 0 spiro atoms. The van der Waals surface area contributed by atoms with Gasteiger partial charge in [-0.25, -0.2) is 17.2 Å². The number of benzene rings is 3. The van der Waals surface area contributed by atoms with E-state index in [1.165, 1.54) is 6.07 Å². The number of hydrogen-bond donors (Lipinski definition) is 2. The number of rotatable bonds is 6. The molecule has 178 valence electrons. The van der Waals surface area contributed by atoms with Crippen LogP contribution in [0.1, 0.15) is 29.6 Å². The van der Waals surface area contributed by atoms with Crippen molar-refractivity contribution in [3.05, 3.63) is 97.4 Å². The fourth-order valence-electron chi connectivity index (χ4n) is 3.51. The average Bonchev–Trinajstić information content (AvgIpc) is 3.25. The van der Waals surface area contributed by atoms with E-state index in [0.29, 0.717) is 39.9 Å². The summed E-state index contributed by atoms with van der Waals surface area (Å²) in [4.78, 5) is -0.621. The number of hydrogen-bond acceptors (Lipinski definition) is 4. The topological polar surface area (TPSA) is 70.6 Å². The summed E-state index contributed by atoms with van der Waals surface area (Å²) in [6.45, 7) is 0. The molecule has 0 bridgehead atoms. The maximum absolute atomic E-state index is 13.8. The first-order valence-electron chi connectivity index (χ1n) is 9.74. The molecule has 34 heavy (non-hydrogen) atoms. The van der Waals surface area contributed by atoms with E-state index in [9.17, 15) is 17.2 Å². The van der Waals surface area contributed by atoms with Gasteiger partial charge < -0.3 is 5.43 Å². The minimum Gasteiger partial charge on any atom is -0.302 e. The van der Waals surface area contributed by atoms with E-state index >= 15 is 0 Å². The van der Waals surface area contributed by atoms with Crippen molar-refractivity contribution in [1.29, 1.82) is 0 Å². The third-order valence-corrected chi connectivity index (χ3v) is 7.90. The Morgan fingerprint density at radius 2 is 1.56 bits per heavy atom. The van der Waals surface area contributed by atoms with Crippen LogP contribution < -0.4 is 10.1 Å². The zero-order valence-electron chi connectivity index (χ0n) is 17.0. The van der Waals surface area contributed by atoms with E-state index in [4.69, 9.17) is 46.4 Å². The molecule has 0 saturated heterocycles. The van der Waals surface area contributed by atoms with Crippen LogP contribution in [0.25, 0.3) is 0 Å². The Labute approximate surface area is 214 Å². The molecule has 12 heteroatoms. The van der Waals surface area contributed by atoms with Crippen LogP contribution in [0.4, 0.5) is 8.78 Å². The van der Waals surface area contributed by atoms with Gasteiger partial charge in [0.15, 0.2) is 11.6 Å². The second-order valence-electron chi connectivity index (χ2n) is 7.46. The molecule has 0 fully saturated rings. The molecule has 3 aromatic carbocycles. The van der Waals surface area contributed by atoms with Crippen LogP contribution in [-0.2, 0) is 10.0 Å². The summed E-state index contributed by atoms with van der Waals surface area (Å²) in [5, 5.41) is 4.98. The van der Waals surface area contributed by atoms with Crippen LogP contribution in [0.3, 0.4) is 0 Å². The van der Waals surface area contributed by atoms with Gasteiger partial charge in [0.2, 0.25) is 10.0 Å². The SMILES string of the molecule is O=S(=O)(NC(C1=NNC(c2ccc(Cl)cc2)C1)c1ccc(Cl)cc1Cl)c1cc(F)c(F)cc1Cl. The Balaban J connectivity index is 1.71. The molecule has 0 radical (unpaired) electrons. The van der Waals surface area contributed by atoms with Gasteiger partial charge in [-0.05, 0) is 47.5 Å². The molecule has 5 nitrogen and oxygen atoms in total. The molecule has 0 aliphatic carbocycles. The molecule has 2 unspecified atom stereocenters. The van der Waals surface area contributed by atoms with Gasteiger partial charge in [0.1, 0.15) is 4.90 Å². The highest BCUT2D eigenvalue weighted by molar-refractivity contribution is 7.89. The number of sulfonamides is 1. The zero-order valence-corrected chi connectivity index (χ0v) is 20.8. The van der Waals surface area contributed by atoms with Crippen LogP contribution in [0.2, 0.25) is 20.1 Å². The molecular weight excluding hydrogens is 550 g/mol. The van der Waals surface area contributed by atoms with Crippen molar-refractivity contribution in [3.63, 3.8) is 0 Å². The largest absolute Gasteiger partial charge is 0.302 e. The molecule has 2 N–H and O–H groups in total. The fraction of sp³-hybridized carbons (Fsp3) is 0.136. The third kappa shape index (κ3) is 5.32. The van der Waals surface area contributed by atoms with E-state index < -0.39 is 37.6 Å². The minimum absolute atomic E-state index is 0.189. The van der Waals surface area contributed by atoms with Crippen LogP contribution >= 0.6 is 46.4 Å². The Hall–Kier alpha value is -1.94. The van der Waals surface area contributed by atoms with Crippen molar-refractivity contribution in [2.45, 2.75) is 23.4 Å². The van der Waals surface area contributed by atoms with E-state index in [0.717, 1.165) is 5.56 Å². The molecule has 1 heterocycles. The highest BCUT2D eigenvalue weighted by Crippen LogP contribution is 2.34. The number of nitrogens with one attached hydrogen (secondary N) is 2. The maximum atomic E-state index is 13.8. The Kier molecular flexibility index (Phi) is 7.38.